The Morgan fingerprint density at radius 2 is 1.57 bits per heavy atom. The molecule has 2 aliphatic rings. The van der Waals surface area contributed by atoms with Crippen LogP contribution in [0.1, 0.15) is 29.5 Å². The fourth-order valence-corrected chi connectivity index (χ4v) is 3.82. The fourth-order valence-electron chi connectivity index (χ4n) is 3.82. The molecule has 2 aromatic carbocycles. The Bertz CT molecular complexity index is 649. The summed E-state index contributed by atoms with van der Waals surface area (Å²) in [5, 5.41) is 0. The Labute approximate surface area is 126 Å². The van der Waals surface area contributed by atoms with E-state index < -0.39 is 0 Å². The van der Waals surface area contributed by atoms with Gasteiger partial charge in [-0.2, -0.15) is 0 Å². The van der Waals surface area contributed by atoms with Gasteiger partial charge < -0.3 is 0 Å². The molecule has 1 heteroatoms. The van der Waals surface area contributed by atoms with Gasteiger partial charge in [-0.1, -0.05) is 66.7 Å². The molecule has 0 saturated carbocycles. The van der Waals surface area contributed by atoms with E-state index in [4.69, 9.17) is 0 Å². The van der Waals surface area contributed by atoms with Gasteiger partial charge in [0.1, 0.15) is 0 Å². The van der Waals surface area contributed by atoms with Crippen molar-refractivity contribution in [2.24, 2.45) is 0 Å². The molecule has 0 bridgehead atoms. The second-order valence-electron chi connectivity index (χ2n) is 6.34. The summed E-state index contributed by atoms with van der Waals surface area (Å²) in [5.74, 6) is 0. The molecule has 0 aromatic heterocycles. The summed E-state index contributed by atoms with van der Waals surface area (Å²) in [5.41, 5.74) is 4.71. The highest BCUT2D eigenvalue weighted by atomic mass is 15.1. The average Bonchev–Trinajstić information content (AvgIpc) is 2.90. The zero-order valence-electron chi connectivity index (χ0n) is 12.3. The third kappa shape index (κ3) is 2.32. The smallest absolute Gasteiger partial charge is 0.0233 e. The highest BCUT2D eigenvalue weighted by molar-refractivity contribution is 5.65. The topological polar surface area (TPSA) is 3.24 Å². The number of allylic oxidation sites excluding steroid dienone is 1. The number of nitrogens with zero attached hydrogens (tertiary/aromatic N) is 1. The van der Waals surface area contributed by atoms with Gasteiger partial charge in [-0.05, 0) is 42.6 Å². The van der Waals surface area contributed by atoms with Crippen LogP contribution in [0.5, 0.6) is 0 Å². The monoisotopic (exact) mass is 275 g/mol. The van der Waals surface area contributed by atoms with Crippen molar-refractivity contribution < 1.29 is 0 Å². The highest BCUT2D eigenvalue weighted by Gasteiger charge is 2.37. The van der Waals surface area contributed by atoms with Gasteiger partial charge in [0.2, 0.25) is 0 Å². The van der Waals surface area contributed by atoms with E-state index >= 15 is 0 Å². The molecule has 21 heavy (non-hydrogen) atoms. The van der Waals surface area contributed by atoms with Crippen molar-refractivity contribution in [3.8, 4) is 0 Å². The summed E-state index contributed by atoms with van der Waals surface area (Å²) in [6, 6.07) is 19.7. The molecule has 0 N–H and O–H groups in total. The second kappa shape index (κ2) is 5.16. The van der Waals surface area contributed by atoms with Crippen molar-refractivity contribution in [3.63, 3.8) is 0 Å². The van der Waals surface area contributed by atoms with Gasteiger partial charge in [-0.25, -0.2) is 0 Å². The van der Waals surface area contributed by atoms with Gasteiger partial charge in [-0.15, -0.1) is 0 Å². The maximum Gasteiger partial charge on any atom is 0.0233 e. The van der Waals surface area contributed by atoms with Gasteiger partial charge in [0.15, 0.2) is 0 Å². The molecule has 1 nitrogen and oxygen atoms in total. The number of rotatable bonds is 2. The highest BCUT2D eigenvalue weighted by Crippen LogP contribution is 2.43. The minimum atomic E-state index is 0.309. The van der Waals surface area contributed by atoms with E-state index in [1.165, 1.54) is 37.1 Å². The first kappa shape index (κ1) is 12.8. The lowest BCUT2D eigenvalue weighted by atomic mass is 9.74. The third-order valence-corrected chi connectivity index (χ3v) is 5.08. The summed E-state index contributed by atoms with van der Waals surface area (Å²) < 4.78 is 0. The number of benzene rings is 2. The van der Waals surface area contributed by atoms with Crippen molar-refractivity contribution in [2.45, 2.75) is 24.8 Å². The van der Waals surface area contributed by atoms with Crippen LogP contribution in [0, 0.1) is 0 Å². The first-order valence-electron chi connectivity index (χ1n) is 7.91. The molecule has 0 unspecified atom stereocenters. The first-order valence-corrected chi connectivity index (χ1v) is 7.91. The minimum absolute atomic E-state index is 0.309. The summed E-state index contributed by atoms with van der Waals surface area (Å²) in [6.45, 7) is 3.46. The number of hydrogen-bond donors (Lipinski definition) is 0. The van der Waals surface area contributed by atoms with Crippen LogP contribution in [0.4, 0.5) is 0 Å². The molecular weight excluding hydrogens is 254 g/mol. The number of piperidine rings is 1. The van der Waals surface area contributed by atoms with E-state index in [1.807, 2.05) is 0 Å². The van der Waals surface area contributed by atoms with E-state index in [2.05, 4.69) is 71.6 Å². The predicted molar refractivity (Wildman–Crippen MR) is 88.1 cm³/mol. The lowest BCUT2D eigenvalue weighted by Gasteiger charge is -2.39. The van der Waals surface area contributed by atoms with Gasteiger partial charge in [0.25, 0.3) is 0 Å². The lowest BCUT2D eigenvalue weighted by molar-refractivity contribution is 0.177. The van der Waals surface area contributed by atoms with Crippen LogP contribution in [0.15, 0.2) is 60.7 Å². The van der Waals surface area contributed by atoms with Crippen molar-refractivity contribution in [2.75, 3.05) is 13.1 Å². The Morgan fingerprint density at radius 3 is 2.38 bits per heavy atom. The Kier molecular flexibility index (Phi) is 3.16. The van der Waals surface area contributed by atoms with E-state index in [0.717, 1.165) is 6.54 Å². The molecule has 1 aliphatic carbocycles. The van der Waals surface area contributed by atoms with Gasteiger partial charge in [0.05, 0.1) is 0 Å². The van der Waals surface area contributed by atoms with Gasteiger partial charge in [-0.3, -0.25) is 4.90 Å². The van der Waals surface area contributed by atoms with Crippen LogP contribution in [-0.4, -0.2) is 18.0 Å². The normalized spacial score (nSPS) is 19.8. The second-order valence-corrected chi connectivity index (χ2v) is 6.34. The van der Waals surface area contributed by atoms with E-state index in [0.29, 0.717) is 5.41 Å². The predicted octanol–water partition coefficient (Wildman–Crippen LogP) is 4.25. The van der Waals surface area contributed by atoms with Crippen LogP contribution < -0.4 is 0 Å². The minimum Gasteiger partial charge on any atom is -0.299 e. The fraction of sp³-hybridized carbons (Fsp3) is 0.300. The van der Waals surface area contributed by atoms with Crippen molar-refractivity contribution in [3.05, 3.63) is 77.4 Å². The van der Waals surface area contributed by atoms with Crippen LogP contribution in [0.3, 0.4) is 0 Å². The third-order valence-electron chi connectivity index (χ3n) is 5.08. The Balaban J connectivity index is 1.47. The molecule has 1 aliphatic heterocycles. The number of likely N-dealkylation sites (tertiary alicyclic amines) is 1. The summed E-state index contributed by atoms with van der Waals surface area (Å²) in [4.78, 5) is 2.59. The van der Waals surface area contributed by atoms with Gasteiger partial charge >= 0.3 is 0 Å². The number of hydrogen-bond acceptors (Lipinski definition) is 1. The van der Waals surface area contributed by atoms with Crippen LogP contribution in [0.2, 0.25) is 0 Å². The standard InChI is InChI=1S/C20H21N/c1-2-6-17(7-3-1)16-21-14-12-20(13-15-21)11-10-18-8-4-5-9-19(18)20/h1-11H,12-16H2. The van der Waals surface area contributed by atoms with Crippen LogP contribution >= 0.6 is 0 Å². The molecule has 1 fully saturated rings. The summed E-state index contributed by atoms with van der Waals surface area (Å²) in [6.07, 6.45) is 7.26. The zero-order valence-corrected chi connectivity index (χ0v) is 12.3. The average molecular weight is 275 g/mol. The largest absolute Gasteiger partial charge is 0.299 e. The lowest BCUT2D eigenvalue weighted by Crippen LogP contribution is -2.40. The Morgan fingerprint density at radius 1 is 0.857 bits per heavy atom. The summed E-state index contributed by atoms with van der Waals surface area (Å²) in [7, 11) is 0. The molecule has 106 valence electrons. The van der Waals surface area contributed by atoms with Crippen molar-refractivity contribution >= 4 is 6.08 Å². The van der Waals surface area contributed by atoms with Crippen molar-refractivity contribution in [1.29, 1.82) is 0 Å². The number of fused-ring (bicyclic) bond motifs is 2. The van der Waals surface area contributed by atoms with Crippen LogP contribution in [0.25, 0.3) is 6.08 Å². The molecule has 1 heterocycles. The molecule has 1 saturated heterocycles. The maximum absolute atomic E-state index is 2.59. The van der Waals surface area contributed by atoms with E-state index in [9.17, 15) is 0 Å². The van der Waals surface area contributed by atoms with Gasteiger partial charge in [0, 0.05) is 12.0 Å². The summed E-state index contributed by atoms with van der Waals surface area (Å²) >= 11 is 0. The quantitative estimate of drug-likeness (QED) is 0.792. The van der Waals surface area contributed by atoms with Crippen molar-refractivity contribution in [1.82, 2.24) is 4.90 Å². The Hall–Kier alpha value is -1.86. The maximum atomic E-state index is 2.59. The first-order chi connectivity index (χ1) is 10.4. The van der Waals surface area contributed by atoms with Crippen LogP contribution in [-0.2, 0) is 12.0 Å². The molecule has 0 amide bonds. The molecule has 0 atom stereocenters. The molecule has 0 radical (unpaired) electrons. The van der Waals surface area contributed by atoms with E-state index in [1.54, 1.807) is 5.56 Å². The molecule has 2 aromatic rings. The molecule has 1 spiro atoms. The SMILES string of the molecule is C1=CC2(CCN(Cc3ccccc3)CC2)c2ccccc21. The molecular formula is C20H21N. The zero-order chi connectivity index (χ0) is 14.1. The van der Waals surface area contributed by atoms with E-state index in [-0.39, 0.29) is 0 Å². The molecule has 4 rings (SSSR count).